The van der Waals surface area contributed by atoms with Crippen molar-refractivity contribution in [3.8, 4) is 0 Å². The van der Waals surface area contributed by atoms with Crippen molar-refractivity contribution in [2.24, 2.45) is 17.3 Å². The van der Waals surface area contributed by atoms with Gasteiger partial charge in [0.2, 0.25) is 5.91 Å². The van der Waals surface area contributed by atoms with Crippen LogP contribution in [-0.2, 0) is 11.3 Å². The van der Waals surface area contributed by atoms with Crippen LogP contribution in [0.4, 0.5) is 0 Å². The first-order valence-corrected chi connectivity index (χ1v) is 9.50. The summed E-state index contributed by atoms with van der Waals surface area (Å²) in [5.41, 5.74) is 1.69. The summed E-state index contributed by atoms with van der Waals surface area (Å²) < 4.78 is 0. The Hall–Kier alpha value is -0.580. The van der Waals surface area contributed by atoms with Crippen LogP contribution in [0.1, 0.15) is 45.6 Å². The van der Waals surface area contributed by atoms with E-state index < -0.39 is 0 Å². The zero-order valence-electron chi connectivity index (χ0n) is 14.4. The third-order valence-electron chi connectivity index (χ3n) is 5.73. The number of carbonyl (C=O) groups excluding carboxylic acids is 1. The molecule has 130 valence electrons. The highest BCUT2D eigenvalue weighted by Gasteiger charge is 2.58. The molecule has 5 heteroatoms. The van der Waals surface area contributed by atoms with Crippen LogP contribution in [0.3, 0.4) is 0 Å². The predicted octanol–water partition coefficient (Wildman–Crippen LogP) is 3.93. The standard InChI is InChI=1S/C18H28N2OS.ClH/c1-13(2)14(3)17(21)20(11-15-4-9-22-12-15)16-10-18(16)5-7-19-8-6-18;/h4,9,12-14,16,19H,5-8,10-11H2,1-3H3;1H. The van der Waals surface area contributed by atoms with Crippen LogP contribution in [0, 0.1) is 17.3 Å². The van der Waals surface area contributed by atoms with Gasteiger partial charge in [-0.05, 0) is 66.1 Å². The monoisotopic (exact) mass is 356 g/mol. The van der Waals surface area contributed by atoms with E-state index in [1.807, 2.05) is 0 Å². The molecule has 3 rings (SSSR count). The second-order valence-corrected chi connectivity index (χ2v) is 8.24. The molecule has 1 aliphatic heterocycles. The highest BCUT2D eigenvalue weighted by Crippen LogP contribution is 2.56. The predicted molar refractivity (Wildman–Crippen MR) is 99.1 cm³/mol. The molecule has 2 unspecified atom stereocenters. The first-order chi connectivity index (χ1) is 10.5. The van der Waals surface area contributed by atoms with E-state index in [1.54, 1.807) is 11.3 Å². The van der Waals surface area contributed by atoms with Gasteiger partial charge >= 0.3 is 0 Å². The molecule has 2 atom stereocenters. The lowest BCUT2D eigenvalue weighted by atomic mass is 9.92. The van der Waals surface area contributed by atoms with Gasteiger partial charge < -0.3 is 10.2 Å². The Bertz CT molecular complexity index is 511. The molecule has 1 aromatic rings. The number of thiophene rings is 1. The molecule has 1 saturated heterocycles. The van der Waals surface area contributed by atoms with Gasteiger partial charge in [0.25, 0.3) is 0 Å². The smallest absolute Gasteiger partial charge is 0.226 e. The van der Waals surface area contributed by atoms with Gasteiger partial charge in [-0.2, -0.15) is 11.3 Å². The fourth-order valence-electron chi connectivity index (χ4n) is 3.70. The average Bonchev–Trinajstić information content (AvgIpc) is 2.96. The minimum absolute atomic E-state index is 0. The van der Waals surface area contributed by atoms with E-state index in [9.17, 15) is 4.79 Å². The number of hydrogen-bond acceptors (Lipinski definition) is 3. The molecule has 1 saturated carbocycles. The summed E-state index contributed by atoms with van der Waals surface area (Å²) in [7, 11) is 0. The molecule has 2 fully saturated rings. The van der Waals surface area contributed by atoms with Gasteiger partial charge in [-0.15, -0.1) is 12.4 Å². The normalized spacial score (nSPS) is 23.4. The quantitative estimate of drug-likeness (QED) is 0.866. The topological polar surface area (TPSA) is 32.3 Å². The van der Waals surface area contributed by atoms with Gasteiger partial charge in [0.15, 0.2) is 0 Å². The van der Waals surface area contributed by atoms with Crippen molar-refractivity contribution >= 4 is 29.7 Å². The van der Waals surface area contributed by atoms with E-state index in [4.69, 9.17) is 0 Å². The van der Waals surface area contributed by atoms with E-state index in [-0.39, 0.29) is 18.3 Å². The molecule has 3 nitrogen and oxygen atoms in total. The summed E-state index contributed by atoms with van der Waals surface area (Å²) >= 11 is 1.72. The van der Waals surface area contributed by atoms with E-state index in [2.05, 4.69) is 47.8 Å². The Labute approximate surface area is 150 Å². The summed E-state index contributed by atoms with van der Waals surface area (Å²) in [5, 5.41) is 7.74. The lowest BCUT2D eigenvalue weighted by molar-refractivity contribution is -0.138. The second kappa shape index (κ2) is 7.54. The van der Waals surface area contributed by atoms with Crippen LogP contribution in [-0.4, -0.2) is 29.9 Å². The third kappa shape index (κ3) is 3.92. The molecule has 1 aromatic heterocycles. The highest BCUT2D eigenvalue weighted by molar-refractivity contribution is 7.07. The van der Waals surface area contributed by atoms with Gasteiger partial charge in [-0.25, -0.2) is 0 Å². The molecular formula is C18H29ClN2OS. The van der Waals surface area contributed by atoms with Gasteiger partial charge in [-0.1, -0.05) is 20.8 Å². The number of halogens is 1. The molecule has 0 bridgehead atoms. The highest BCUT2D eigenvalue weighted by atomic mass is 35.5. The molecule has 1 N–H and O–H groups in total. The Morgan fingerprint density at radius 1 is 1.39 bits per heavy atom. The van der Waals surface area contributed by atoms with Crippen molar-refractivity contribution in [2.75, 3.05) is 13.1 Å². The number of rotatable bonds is 5. The fraction of sp³-hybridized carbons (Fsp3) is 0.722. The SMILES string of the molecule is CC(C)C(C)C(=O)N(Cc1ccsc1)C1CC12CCNCC2.Cl. The largest absolute Gasteiger partial charge is 0.335 e. The van der Waals surface area contributed by atoms with Crippen LogP contribution < -0.4 is 5.32 Å². The molecule has 2 heterocycles. The maximum absolute atomic E-state index is 13.0. The zero-order chi connectivity index (χ0) is 15.7. The number of piperidine rings is 1. The minimum Gasteiger partial charge on any atom is -0.335 e. The Balaban J connectivity index is 0.00000192. The van der Waals surface area contributed by atoms with Crippen molar-refractivity contribution in [1.29, 1.82) is 0 Å². The molecule has 2 aliphatic rings. The fourth-order valence-corrected chi connectivity index (χ4v) is 4.36. The third-order valence-corrected chi connectivity index (χ3v) is 6.46. The zero-order valence-corrected chi connectivity index (χ0v) is 16.0. The molecule has 1 spiro atoms. The van der Waals surface area contributed by atoms with E-state index in [1.165, 1.54) is 24.8 Å². The summed E-state index contributed by atoms with van der Waals surface area (Å²) in [6, 6.07) is 2.62. The van der Waals surface area contributed by atoms with Crippen molar-refractivity contribution < 1.29 is 4.79 Å². The number of nitrogens with one attached hydrogen (secondary N) is 1. The maximum Gasteiger partial charge on any atom is 0.226 e. The first-order valence-electron chi connectivity index (χ1n) is 8.56. The van der Waals surface area contributed by atoms with Crippen LogP contribution in [0.25, 0.3) is 0 Å². The molecule has 0 aromatic carbocycles. The Morgan fingerprint density at radius 3 is 2.65 bits per heavy atom. The van der Waals surface area contributed by atoms with Gasteiger partial charge in [0, 0.05) is 18.5 Å². The summed E-state index contributed by atoms with van der Waals surface area (Å²) in [4.78, 5) is 15.2. The van der Waals surface area contributed by atoms with Crippen LogP contribution in [0.5, 0.6) is 0 Å². The lowest BCUT2D eigenvalue weighted by Crippen LogP contribution is -2.42. The summed E-state index contributed by atoms with van der Waals surface area (Å²) in [5.74, 6) is 0.861. The molecule has 23 heavy (non-hydrogen) atoms. The Morgan fingerprint density at radius 2 is 2.09 bits per heavy atom. The van der Waals surface area contributed by atoms with Crippen LogP contribution in [0.15, 0.2) is 16.8 Å². The molecule has 1 amide bonds. The number of amides is 1. The number of nitrogens with zero attached hydrogens (tertiary/aromatic N) is 1. The maximum atomic E-state index is 13.0. The van der Waals surface area contributed by atoms with Crippen LogP contribution in [0.2, 0.25) is 0 Å². The number of carbonyl (C=O) groups is 1. The Kier molecular flexibility index (Phi) is 6.15. The van der Waals surface area contributed by atoms with Gasteiger partial charge in [0.1, 0.15) is 0 Å². The van der Waals surface area contributed by atoms with Gasteiger partial charge in [0.05, 0.1) is 0 Å². The minimum atomic E-state index is 0. The van der Waals surface area contributed by atoms with Crippen molar-refractivity contribution in [3.05, 3.63) is 22.4 Å². The van der Waals surface area contributed by atoms with E-state index >= 15 is 0 Å². The van der Waals surface area contributed by atoms with Gasteiger partial charge in [-0.3, -0.25) is 4.79 Å². The summed E-state index contributed by atoms with van der Waals surface area (Å²) in [6.45, 7) is 9.40. The average molecular weight is 357 g/mol. The van der Waals surface area contributed by atoms with E-state index in [0.29, 0.717) is 23.3 Å². The van der Waals surface area contributed by atoms with Crippen molar-refractivity contribution in [1.82, 2.24) is 10.2 Å². The van der Waals surface area contributed by atoms with Crippen molar-refractivity contribution in [3.63, 3.8) is 0 Å². The molecule has 1 aliphatic carbocycles. The van der Waals surface area contributed by atoms with E-state index in [0.717, 1.165) is 19.6 Å². The molecule has 0 radical (unpaired) electrons. The summed E-state index contributed by atoms with van der Waals surface area (Å²) in [6.07, 6.45) is 3.65. The lowest BCUT2D eigenvalue weighted by Gasteiger charge is -2.32. The molecular weight excluding hydrogens is 328 g/mol. The van der Waals surface area contributed by atoms with Crippen molar-refractivity contribution in [2.45, 2.75) is 52.6 Å². The second-order valence-electron chi connectivity index (χ2n) is 7.46. The first kappa shape index (κ1) is 18.8. The van der Waals surface area contributed by atoms with Crippen LogP contribution >= 0.6 is 23.7 Å². The number of hydrogen-bond donors (Lipinski definition) is 1.